The molecule has 4 aromatic heterocycles. The summed E-state index contributed by atoms with van der Waals surface area (Å²) in [6, 6.07) is 66.8. The van der Waals surface area contributed by atoms with Crippen LogP contribution < -0.4 is 0 Å². The van der Waals surface area contributed by atoms with E-state index in [0.29, 0.717) is 17.6 Å². The minimum absolute atomic E-state index is 0.588. The van der Waals surface area contributed by atoms with Crippen LogP contribution in [0.25, 0.3) is 109 Å². The zero-order chi connectivity index (χ0) is 37.5. The van der Waals surface area contributed by atoms with Crippen molar-refractivity contribution in [1.29, 1.82) is 0 Å². The molecular weight excluding hydrogens is 715 g/mol. The van der Waals surface area contributed by atoms with E-state index in [9.17, 15) is 0 Å². The van der Waals surface area contributed by atoms with Gasteiger partial charge in [-0.1, -0.05) is 127 Å². The maximum atomic E-state index is 5.11. The molecule has 0 amide bonds. The fourth-order valence-corrected chi connectivity index (χ4v) is 9.64. The molecule has 0 N–H and O–H groups in total. The zero-order valence-corrected chi connectivity index (χ0v) is 31.4. The topological polar surface area (TPSA) is 48.5 Å². The first kappa shape index (κ1) is 31.9. The Hall–Kier alpha value is -7.41. The number of hydrogen-bond acceptors (Lipinski definition) is 4. The van der Waals surface area contributed by atoms with Crippen LogP contribution in [0.4, 0.5) is 0 Å². The number of nitrogens with zero attached hydrogens (tertiary/aromatic N) is 5. The summed E-state index contributed by atoms with van der Waals surface area (Å²) >= 11 is 1.85. The summed E-state index contributed by atoms with van der Waals surface area (Å²) in [7, 11) is 0. The molecule has 6 heteroatoms. The van der Waals surface area contributed by atoms with E-state index in [2.05, 4.69) is 137 Å². The Bertz CT molecular complexity index is 3470. The van der Waals surface area contributed by atoms with Crippen molar-refractivity contribution in [3.05, 3.63) is 188 Å². The lowest BCUT2D eigenvalue weighted by atomic mass is 10.0. The molecule has 5 nitrogen and oxygen atoms in total. The van der Waals surface area contributed by atoms with Crippen LogP contribution in [0.1, 0.15) is 0 Å². The molecule has 57 heavy (non-hydrogen) atoms. The van der Waals surface area contributed by atoms with Gasteiger partial charge in [-0.05, 0) is 71.8 Å². The summed E-state index contributed by atoms with van der Waals surface area (Å²) < 4.78 is 7.22. The first-order valence-corrected chi connectivity index (χ1v) is 19.9. The molecule has 0 bridgehead atoms. The highest BCUT2D eigenvalue weighted by Gasteiger charge is 2.19. The van der Waals surface area contributed by atoms with Gasteiger partial charge in [0.1, 0.15) is 0 Å². The van der Waals surface area contributed by atoms with Crippen LogP contribution in [0.5, 0.6) is 0 Å². The van der Waals surface area contributed by atoms with Gasteiger partial charge >= 0.3 is 0 Å². The first-order valence-electron chi connectivity index (χ1n) is 19.1. The van der Waals surface area contributed by atoms with Crippen LogP contribution in [0.15, 0.2) is 188 Å². The molecule has 0 aliphatic carbocycles. The van der Waals surface area contributed by atoms with E-state index in [-0.39, 0.29) is 0 Å². The van der Waals surface area contributed by atoms with Gasteiger partial charge in [0.15, 0.2) is 11.6 Å². The Morgan fingerprint density at radius 3 is 1.44 bits per heavy atom. The normalized spacial score (nSPS) is 11.9. The van der Waals surface area contributed by atoms with Crippen LogP contribution in [-0.4, -0.2) is 24.1 Å². The second kappa shape index (κ2) is 12.6. The van der Waals surface area contributed by atoms with E-state index in [4.69, 9.17) is 15.0 Å². The summed E-state index contributed by atoms with van der Waals surface area (Å²) in [5.41, 5.74) is 9.85. The molecule has 266 valence electrons. The molecule has 0 atom stereocenters. The highest BCUT2D eigenvalue weighted by Crippen LogP contribution is 2.40. The third-order valence-corrected chi connectivity index (χ3v) is 12.3. The summed E-state index contributed by atoms with van der Waals surface area (Å²) in [5.74, 6) is 1.86. The lowest BCUT2D eigenvalue weighted by molar-refractivity contribution is 0.953. The predicted molar refractivity (Wildman–Crippen MR) is 238 cm³/mol. The molecule has 12 aromatic rings. The Kier molecular flexibility index (Phi) is 7.03. The second-order valence-electron chi connectivity index (χ2n) is 14.5. The SMILES string of the molecule is c1ccc(-c2nc(-c3ccccc3)nc(-n3c4ccccc4c4cc(-c5ccc6c(c5)c5ccccc5n6-c5ccc6sc7ccccc7c6c5)ccc43)n2)cc1. The molecule has 0 saturated carbocycles. The number of fused-ring (bicyclic) bond motifs is 9. The molecule has 12 rings (SSSR count). The fourth-order valence-electron chi connectivity index (χ4n) is 8.55. The Morgan fingerprint density at radius 1 is 0.316 bits per heavy atom. The molecule has 0 saturated heterocycles. The summed E-state index contributed by atoms with van der Waals surface area (Å²) in [6.07, 6.45) is 0. The third-order valence-electron chi connectivity index (χ3n) is 11.2. The Labute approximate surface area is 331 Å². The van der Waals surface area contributed by atoms with E-state index >= 15 is 0 Å². The van der Waals surface area contributed by atoms with E-state index < -0.39 is 0 Å². The van der Waals surface area contributed by atoms with E-state index in [1.165, 1.54) is 53.2 Å². The predicted octanol–water partition coefficient (Wildman–Crippen LogP) is 13.4. The van der Waals surface area contributed by atoms with E-state index in [0.717, 1.165) is 38.5 Å². The van der Waals surface area contributed by atoms with Crippen LogP contribution >= 0.6 is 11.3 Å². The van der Waals surface area contributed by atoms with Crippen molar-refractivity contribution >= 4 is 75.1 Å². The molecule has 0 unspecified atom stereocenters. The highest BCUT2D eigenvalue weighted by molar-refractivity contribution is 7.25. The number of hydrogen-bond donors (Lipinski definition) is 0. The van der Waals surface area contributed by atoms with Gasteiger partial charge < -0.3 is 4.57 Å². The molecule has 8 aromatic carbocycles. The highest BCUT2D eigenvalue weighted by atomic mass is 32.1. The van der Waals surface area contributed by atoms with E-state index in [1.807, 2.05) is 72.0 Å². The quantitative estimate of drug-likeness (QED) is 0.176. The minimum Gasteiger partial charge on any atom is -0.309 e. The van der Waals surface area contributed by atoms with Crippen molar-refractivity contribution in [2.24, 2.45) is 0 Å². The number of thiophene rings is 1. The van der Waals surface area contributed by atoms with Gasteiger partial charge in [-0.25, -0.2) is 4.98 Å². The maximum Gasteiger partial charge on any atom is 0.238 e. The molecule has 0 aliphatic heterocycles. The van der Waals surface area contributed by atoms with Crippen molar-refractivity contribution in [2.75, 3.05) is 0 Å². The van der Waals surface area contributed by atoms with Gasteiger partial charge in [0.2, 0.25) is 5.95 Å². The van der Waals surface area contributed by atoms with Gasteiger partial charge in [0.05, 0.1) is 22.1 Å². The van der Waals surface area contributed by atoms with E-state index in [1.54, 1.807) is 0 Å². The van der Waals surface area contributed by atoms with Crippen LogP contribution in [0, 0.1) is 0 Å². The number of benzene rings is 8. The fraction of sp³-hybridized carbons (Fsp3) is 0. The zero-order valence-electron chi connectivity index (χ0n) is 30.5. The molecule has 0 aliphatic rings. The summed E-state index contributed by atoms with van der Waals surface area (Å²) in [6.45, 7) is 0. The van der Waals surface area contributed by atoms with Gasteiger partial charge in [-0.2, -0.15) is 9.97 Å². The monoisotopic (exact) mass is 745 g/mol. The molecule has 0 fully saturated rings. The number of aromatic nitrogens is 5. The largest absolute Gasteiger partial charge is 0.309 e. The molecule has 0 radical (unpaired) electrons. The van der Waals surface area contributed by atoms with Crippen molar-refractivity contribution in [3.63, 3.8) is 0 Å². The summed E-state index contributed by atoms with van der Waals surface area (Å²) in [5, 5.41) is 7.36. The van der Waals surface area contributed by atoms with Crippen molar-refractivity contribution in [1.82, 2.24) is 24.1 Å². The van der Waals surface area contributed by atoms with Gasteiger partial charge in [0.25, 0.3) is 0 Å². The van der Waals surface area contributed by atoms with Gasteiger partial charge in [-0.15, -0.1) is 11.3 Å². The van der Waals surface area contributed by atoms with Crippen molar-refractivity contribution in [2.45, 2.75) is 0 Å². The second-order valence-corrected chi connectivity index (χ2v) is 15.5. The van der Waals surface area contributed by atoms with Gasteiger partial charge in [-0.3, -0.25) is 4.57 Å². The third kappa shape index (κ3) is 5.04. The Balaban J connectivity index is 1.03. The smallest absolute Gasteiger partial charge is 0.238 e. The Morgan fingerprint density at radius 2 is 0.807 bits per heavy atom. The van der Waals surface area contributed by atoms with Crippen molar-refractivity contribution < 1.29 is 0 Å². The maximum absolute atomic E-state index is 5.11. The standard InChI is InChI=1S/C51H31N5S/c1-3-13-32(14-4-1)49-52-50(33-15-5-2-6-16-33)54-51(53-49)56-44-21-11-8-18-38(44)41-30-35(24-27-46(41)56)34-23-26-45-40(29-34)37-17-7-10-20-43(37)55(45)36-25-28-48-42(31-36)39-19-9-12-22-47(39)57-48/h1-31H. The van der Waals surface area contributed by atoms with Crippen LogP contribution in [0.2, 0.25) is 0 Å². The average molecular weight is 746 g/mol. The minimum atomic E-state index is 0.588. The molecule has 0 spiro atoms. The number of para-hydroxylation sites is 2. The van der Waals surface area contributed by atoms with Crippen LogP contribution in [0.3, 0.4) is 0 Å². The average Bonchev–Trinajstić information content (AvgIpc) is 3.94. The molecular formula is C51H31N5S. The van der Waals surface area contributed by atoms with Crippen LogP contribution in [-0.2, 0) is 0 Å². The first-order chi connectivity index (χ1) is 28.2. The number of rotatable bonds is 5. The van der Waals surface area contributed by atoms with Crippen molar-refractivity contribution in [3.8, 4) is 45.5 Å². The van der Waals surface area contributed by atoms with Gasteiger partial charge in [0, 0.05) is 58.5 Å². The lowest BCUT2D eigenvalue weighted by Crippen LogP contribution is -2.06. The summed E-state index contributed by atoms with van der Waals surface area (Å²) in [4.78, 5) is 15.2. The molecule has 4 heterocycles. The lowest BCUT2D eigenvalue weighted by Gasteiger charge is -2.11.